The Kier molecular flexibility index (Phi) is 4.14. The zero-order valence-electron chi connectivity index (χ0n) is 12.7. The molecule has 2 fully saturated rings. The summed E-state index contributed by atoms with van der Waals surface area (Å²) in [4.78, 5) is 24.4. The fourth-order valence-corrected chi connectivity index (χ4v) is 3.13. The van der Waals surface area contributed by atoms with Crippen molar-refractivity contribution in [3.8, 4) is 6.07 Å². The Labute approximate surface area is 139 Å². The van der Waals surface area contributed by atoms with Crippen molar-refractivity contribution >= 4 is 11.9 Å². The van der Waals surface area contributed by atoms with Crippen LogP contribution in [0.25, 0.3) is 0 Å². The lowest BCUT2D eigenvalue weighted by Crippen LogP contribution is -2.50. The summed E-state index contributed by atoms with van der Waals surface area (Å²) in [5, 5.41) is 8.57. The van der Waals surface area contributed by atoms with E-state index in [1.165, 1.54) is 0 Å². The minimum Gasteiger partial charge on any atom is -0.422 e. The number of esters is 2. The van der Waals surface area contributed by atoms with E-state index in [9.17, 15) is 27.2 Å². The van der Waals surface area contributed by atoms with Crippen molar-refractivity contribution in [2.24, 2.45) is 0 Å². The van der Waals surface area contributed by atoms with Crippen LogP contribution in [-0.2, 0) is 19.1 Å². The first-order chi connectivity index (χ1) is 11.8. The summed E-state index contributed by atoms with van der Waals surface area (Å²) >= 11 is 0. The maximum atomic E-state index is 14.1. The first-order valence-corrected chi connectivity index (χ1v) is 7.53. The molecule has 0 radical (unpaired) electrons. The molecular formula is C16H11F4NO4. The van der Waals surface area contributed by atoms with E-state index in [0.717, 1.165) is 12.5 Å². The van der Waals surface area contributed by atoms with Gasteiger partial charge in [-0.1, -0.05) is 6.42 Å². The molecule has 1 saturated heterocycles. The number of ether oxygens (including phenoxy) is 2. The SMILES string of the molecule is N#Cc1c(F)c(F)c(C2C(=O)OC3(CCCCC3)OC2=O)c(F)c1F. The van der Waals surface area contributed by atoms with Crippen LogP contribution in [0.15, 0.2) is 0 Å². The van der Waals surface area contributed by atoms with E-state index < -0.39 is 58.0 Å². The Morgan fingerprint density at radius 3 is 1.80 bits per heavy atom. The van der Waals surface area contributed by atoms with Crippen LogP contribution in [0, 0.1) is 34.6 Å². The molecule has 3 rings (SSSR count). The van der Waals surface area contributed by atoms with Gasteiger partial charge in [0, 0.05) is 12.8 Å². The van der Waals surface area contributed by atoms with Gasteiger partial charge in [0.1, 0.15) is 11.6 Å². The molecule has 1 saturated carbocycles. The highest BCUT2D eigenvalue weighted by atomic mass is 19.2. The maximum absolute atomic E-state index is 14.1. The van der Waals surface area contributed by atoms with Crippen LogP contribution in [0.2, 0.25) is 0 Å². The molecule has 1 heterocycles. The quantitative estimate of drug-likeness (QED) is 0.334. The Hall–Kier alpha value is -2.63. The van der Waals surface area contributed by atoms with Crippen molar-refractivity contribution in [3.63, 3.8) is 0 Å². The molecule has 1 aromatic rings. The largest absolute Gasteiger partial charge is 0.422 e. The highest BCUT2D eigenvalue weighted by Gasteiger charge is 2.52. The molecule has 1 aromatic carbocycles. The van der Waals surface area contributed by atoms with Gasteiger partial charge >= 0.3 is 11.9 Å². The lowest BCUT2D eigenvalue weighted by Gasteiger charge is -2.40. The molecule has 5 nitrogen and oxygen atoms in total. The van der Waals surface area contributed by atoms with E-state index in [4.69, 9.17) is 14.7 Å². The fraction of sp³-hybridized carbons (Fsp3) is 0.438. The van der Waals surface area contributed by atoms with Crippen LogP contribution in [0.4, 0.5) is 17.6 Å². The summed E-state index contributed by atoms with van der Waals surface area (Å²) in [5.41, 5.74) is -2.95. The highest BCUT2D eigenvalue weighted by molar-refractivity contribution is 6.02. The maximum Gasteiger partial charge on any atom is 0.328 e. The van der Waals surface area contributed by atoms with Crippen molar-refractivity contribution in [3.05, 3.63) is 34.4 Å². The standard InChI is InChI=1S/C16H11F4NO4/c17-10-7(6-21)11(18)13(20)8(12(10)19)9-14(22)24-16(25-15(9)23)4-2-1-3-5-16/h9H,1-5H2. The second-order valence-electron chi connectivity index (χ2n) is 5.90. The van der Waals surface area contributed by atoms with Gasteiger partial charge in [-0.25, -0.2) is 17.6 Å². The van der Waals surface area contributed by atoms with Gasteiger partial charge in [-0.3, -0.25) is 9.59 Å². The van der Waals surface area contributed by atoms with Crippen LogP contribution in [0.1, 0.15) is 49.1 Å². The monoisotopic (exact) mass is 357 g/mol. The molecular weight excluding hydrogens is 346 g/mol. The average Bonchev–Trinajstić information content (AvgIpc) is 2.57. The molecule has 1 aliphatic heterocycles. The molecule has 0 amide bonds. The van der Waals surface area contributed by atoms with Gasteiger partial charge < -0.3 is 9.47 Å². The molecule has 0 N–H and O–H groups in total. The van der Waals surface area contributed by atoms with Gasteiger partial charge in [0.05, 0.1) is 5.56 Å². The molecule has 0 aromatic heterocycles. The first-order valence-electron chi connectivity index (χ1n) is 7.53. The summed E-state index contributed by atoms with van der Waals surface area (Å²) in [6.45, 7) is 0. The predicted octanol–water partition coefficient (Wildman–Crippen LogP) is 2.96. The van der Waals surface area contributed by atoms with Gasteiger partial charge in [0.2, 0.25) is 0 Å². The molecule has 9 heteroatoms. The number of hydrogen-bond donors (Lipinski definition) is 0. The molecule has 0 bridgehead atoms. The number of rotatable bonds is 1. The zero-order valence-corrected chi connectivity index (χ0v) is 12.7. The van der Waals surface area contributed by atoms with E-state index in [1.54, 1.807) is 0 Å². The summed E-state index contributed by atoms with van der Waals surface area (Å²) in [7, 11) is 0. The Morgan fingerprint density at radius 1 is 0.880 bits per heavy atom. The van der Waals surface area contributed by atoms with Crippen molar-refractivity contribution < 1.29 is 36.6 Å². The fourth-order valence-electron chi connectivity index (χ4n) is 3.13. The lowest BCUT2D eigenvalue weighted by molar-refractivity contribution is -0.256. The molecule has 25 heavy (non-hydrogen) atoms. The Balaban J connectivity index is 2.05. The molecule has 132 valence electrons. The predicted molar refractivity (Wildman–Crippen MR) is 71.7 cm³/mol. The van der Waals surface area contributed by atoms with E-state index in [0.29, 0.717) is 12.8 Å². The number of benzene rings is 1. The molecule has 0 atom stereocenters. The summed E-state index contributed by atoms with van der Waals surface area (Å²) < 4.78 is 65.9. The zero-order chi connectivity index (χ0) is 18.4. The second kappa shape index (κ2) is 6.02. The summed E-state index contributed by atoms with van der Waals surface area (Å²) in [5.74, 6) is -14.5. The van der Waals surface area contributed by atoms with Crippen molar-refractivity contribution in [1.82, 2.24) is 0 Å². The van der Waals surface area contributed by atoms with Crippen LogP contribution < -0.4 is 0 Å². The number of carbonyl (C=O) groups excluding carboxylic acids is 2. The van der Waals surface area contributed by atoms with Crippen LogP contribution >= 0.6 is 0 Å². The van der Waals surface area contributed by atoms with E-state index >= 15 is 0 Å². The molecule has 0 unspecified atom stereocenters. The summed E-state index contributed by atoms with van der Waals surface area (Å²) in [6.07, 6.45) is 2.55. The first kappa shape index (κ1) is 17.2. The number of halogens is 4. The molecule has 2 aliphatic rings. The number of hydrogen-bond acceptors (Lipinski definition) is 5. The number of nitrogens with zero attached hydrogens (tertiary/aromatic N) is 1. The minimum absolute atomic E-state index is 0.234. The van der Waals surface area contributed by atoms with Gasteiger partial charge in [0.15, 0.2) is 29.2 Å². The van der Waals surface area contributed by atoms with E-state index in [-0.39, 0.29) is 12.8 Å². The van der Waals surface area contributed by atoms with Crippen molar-refractivity contribution in [2.45, 2.75) is 43.8 Å². The van der Waals surface area contributed by atoms with Crippen LogP contribution in [-0.4, -0.2) is 17.7 Å². The minimum atomic E-state index is -2.30. The third-order valence-corrected chi connectivity index (χ3v) is 4.36. The Bertz CT molecular complexity index is 762. The number of nitriles is 1. The van der Waals surface area contributed by atoms with E-state index in [1.807, 2.05) is 0 Å². The third kappa shape index (κ3) is 2.62. The van der Waals surface area contributed by atoms with Crippen molar-refractivity contribution in [2.75, 3.05) is 0 Å². The third-order valence-electron chi connectivity index (χ3n) is 4.36. The van der Waals surface area contributed by atoms with Crippen molar-refractivity contribution in [1.29, 1.82) is 5.26 Å². The molecule has 1 spiro atoms. The van der Waals surface area contributed by atoms with Gasteiger partial charge in [-0.05, 0) is 12.8 Å². The van der Waals surface area contributed by atoms with Gasteiger partial charge in [0.25, 0.3) is 5.79 Å². The number of carbonyl (C=O) groups is 2. The lowest BCUT2D eigenvalue weighted by atomic mass is 9.90. The van der Waals surface area contributed by atoms with Gasteiger partial charge in [-0.2, -0.15) is 5.26 Å². The van der Waals surface area contributed by atoms with E-state index in [2.05, 4.69) is 0 Å². The highest BCUT2D eigenvalue weighted by Crippen LogP contribution is 2.41. The van der Waals surface area contributed by atoms with Crippen LogP contribution in [0.5, 0.6) is 0 Å². The normalized spacial score (nSPS) is 20.1. The second-order valence-corrected chi connectivity index (χ2v) is 5.90. The van der Waals surface area contributed by atoms with Gasteiger partial charge in [-0.15, -0.1) is 0 Å². The summed E-state index contributed by atoms with van der Waals surface area (Å²) in [6, 6.07) is 0.982. The smallest absolute Gasteiger partial charge is 0.328 e. The topological polar surface area (TPSA) is 76.4 Å². The van der Waals surface area contributed by atoms with Crippen LogP contribution in [0.3, 0.4) is 0 Å². The Morgan fingerprint density at radius 2 is 1.36 bits per heavy atom. The molecule has 1 aliphatic carbocycles. The average molecular weight is 357 g/mol.